The number of hydroxylamine groups is 1. The van der Waals surface area contributed by atoms with Gasteiger partial charge in [0.1, 0.15) is 5.82 Å². The van der Waals surface area contributed by atoms with Crippen molar-refractivity contribution < 1.29 is 10.0 Å². The molecule has 0 aliphatic rings. The van der Waals surface area contributed by atoms with Gasteiger partial charge in [0.05, 0.1) is 11.0 Å². The second-order valence-electron chi connectivity index (χ2n) is 6.37. The van der Waals surface area contributed by atoms with Gasteiger partial charge in [0, 0.05) is 25.6 Å². The zero-order valence-electron chi connectivity index (χ0n) is 16.0. The molecule has 0 fully saturated rings. The Morgan fingerprint density at radius 1 is 1.31 bits per heavy atom. The van der Waals surface area contributed by atoms with Crippen LogP contribution in [0.3, 0.4) is 0 Å². The van der Waals surface area contributed by atoms with E-state index in [4.69, 9.17) is 10.2 Å². The average Bonchev–Trinajstić information content (AvgIpc) is 3.01. The van der Waals surface area contributed by atoms with E-state index in [0.717, 1.165) is 67.9 Å². The highest BCUT2D eigenvalue weighted by molar-refractivity contribution is 5.91. The predicted octanol–water partition coefficient (Wildman–Crippen LogP) is 3.24. The van der Waals surface area contributed by atoms with Crippen molar-refractivity contribution >= 4 is 23.0 Å². The molecule has 6 nitrogen and oxygen atoms in total. The summed E-state index contributed by atoms with van der Waals surface area (Å²) in [7, 11) is 0. The number of hydrogen-bond acceptors (Lipinski definition) is 4. The van der Waals surface area contributed by atoms with Crippen LogP contribution in [0.5, 0.6) is 0 Å². The smallest absolute Gasteiger partial charge is 0.267 e. The number of carbonyl (C=O) groups is 1. The van der Waals surface area contributed by atoms with Crippen LogP contribution in [-0.2, 0) is 17.8 Å². The lowest BCUT2D eigenvalue weighted by Gasteiger charge is -2.19. The number of amides is 1. The molecule has 0 spiro atoms. The number of rotatable bonds is 10. The first-order chi connectivity index (χ1) is 12.6. The molecule has 6 heteroatoms. The molecule has 0 unspecified atom stereocenters. The number of carbonyl (C=O) groups excluding carboxylic acids is 1. The lowest BCUT2D eigenvalue weighted by Crippen LogP contribution is -2.27. The van der Waals surface area contributed by atoms with Gasteiger partial charge in [-0.1, -0.05) is 33.3 Å². The van der Waals surface area contributed by atoms with Crippen LogP contribution in [0.25, 0.3) is 17.1 Å². The molecule has 0 saturated carbocycles. The van der Waals surface area contributed by atoms with E-state index in [9.17, 15) is 4.79 Å². The van der Waals surface area contributed by atoms with Crippen LogP contribution in [0, 0.1) is 0 Å². The van der Waals surface area contributed by atoms with E-state index >= 15 is 0 Å². The topological polar surface area (TPSA) is 70.4 Å². The first-order valence-electron chi connectivity index (χ1n) is 9.46. The molecule has 0 saturated heterocycles. The first kappa shape index (κ1) is 20.1. The number of aromatic nitrogens is 2. The van der Waals surface area contributed by atoms with E-state index in [-0.39, 0.29) is 0 Å². The molecule has 142 valence electrons. The van der Waals surface area contributed by atoms with Gasteiger partial charge in [0.2, 0.25) is 0 Å². The molecule has 0 radical (unpaired) electrons. The Bertz CT molecular complexity index is 748. The van der Waals surface area contributed by atoms with Gasteiger partial charge in [-0.2, -0.15) is 0 Å². The summed E-state index contributed by atoms with van der Waals surface area (Å²) in [5.74, 6) is 0.585. The molecule has 0 bridgehead atoms. The Kier molecular flexibility index (Phi) is 7.81. The minimum Gasteiger partial charge on any atom is -0.327 e. The zero-order chi connectivity index (χ0) is 18.9. The number of unbranched alkanes of at least 4 members (excludes halogenated alkanes) is 1. The third kappa shape index (κ3) is 5.16. The number of imidazole rings is 1. The number of hydrogen-bond donors (Lipinski definition) is 2. The highest BCUT2D eigenvalue weighted by Crippen LogP contribution is 2.20. The molecular formula is C20H30N4O2. The molecule has 1 amide bonds. The van der Waals surface area contributed by atoms with Gasteiger partial charge in [-0.25, -0.2) is 10.5 Å². The summed E-state index contributed by atoms with van der Waals surface area (Å²) in [6.45, 7) is 10.6. The van der Waals surface area contributed by atoms with Crippen LogP contribution in [-0.4, -0.2) is 45.2 Å². The second kappa shape index (κ2) is 10.1. The van der Waals surface area contributed by atoms with Crippen LogP contribution in [0.1, 0.15) is 45.0 Å². The van der Waals surface area contributed by atoms with E-state index in [1.165, 1.54) is 6.08 Å². The van der Waals surface area contributed by atoms with Gasteiger partial charge in [0.15, 0.2) is 0 Å². The summed E-state index contributed by atoms with van der Waals surface area (Å²) in [6, 6.07) is 6.03. The number of benzene rings is 1. The highest BCUT2D eigenvalue weighted by Gasteiger charge is 2.12. The minimum absolute atomic E-state index is 0.543. The number of fused-ring (bicyclic) bond motifs is 1. The molecule has 26 heavy (non-hydrogen) atoms. The van der Waals surface area contributed by atoms with Crippen LogP contribution >= 0.6 is 0 Å². The van der Waals surface area contributed by atoms with E-state index < -0.39 is 5.91 Å². The number of aryl methyl sites for hydroxylation is 1. The van der Waals surface area contributed by atoms with Crippen LogP contribution in [0.2, 0.25) is 0 Å². The third-order valence-electron chi connectivity index (χ3n) is 4.68. The summed E-state index contributed by atoms with van der Waals surface area (Å²) in [5, 5.41) is 8.58. The third-order valence-corrected chi connectivity index (χ3v) is 4.68. The SMILES string of the molecule is CCCCc1nc2cc(/C=C\C(=O)NO)ccc2n1CCN(CC)CC. The monoisotopic (exact) mass is 358 g/mol. The maximum atomic E-state index is 11.2. The van der Waals surface area contributed by atoms with Crippen LogP contribution < -0.4 is 5.48 Å². The van der Waals surface area contributed by atoms with Gasteiger partial charge < -0.3 is 9.47 Å². The standard InChI is InChI=1S/C20H30N4O2/c1-4-7-8-19-21-17-15-16(10-12-20(25)22-26)9-11-18(17)24(19)14-13-23(5-2)6-3/h9-12,15,26H,4-8,13-14H2,1-3H3,(H,22,25)/b12-10-. The summed E-state index contributed by atoms with van der Waals surface area (Å²) in [5.41, 5.74) is 4.56. The largest absolute Gasteiger partial charge is 0.327 e. The Hall–Kier alpha value is -2.18. The molecule has 2 N–H and O–H groups in total. The van der Waals surface area contributed by atoms with Gasteiger partial charge in [0.25, 0.3) is 5.91 Å². The quantitative estimate of drug-likeness (QED) is 0.389. The van der Waals surface area contributed by atoms with Crippen molar-refractivity contribution in [2.24, 2.45) is 0 Å². The van der Waals surface area contributed by atoms with Gasteiger partial charge in [-0.3, -0.25) is 10.0 Å². The fourth-order valence-corrected chi connectivity index (χ4v) is 3.07. The Morgan fingerprint density at radius 3 is 2.73 bits per heavy atom. The maximum absolute atomic E-state index is 11.2. The number of nitrogens with zero attached hydrogens (tertiary/aromatic N) is 3. The normalized spacial score (nSPS) is 11.7. The van der Waals surface area contributed by atoms with E-state index in [1.54, 1.807) is 11.6 Å². The summed E-state index contributed by atoms with van der Waals surface area (Å²) in [4.78, 5) is 18.4. The van der Waals surface area contributed by atoms with Crippen molar-refractivity contribution in [3.63, 3.8) is 0 Å². The van der Waals surface area contributed by atoms with E-state index in [1.807, 2.05) is 12.1 Å². The van der Waals surface area contributed by atoms with E-state index in [0.29, 0.717) is 0 Å². The summed E-state index contributed by atoms with van der Waals surface area (Å²) in [6.07, 6.45) is 6.21. The van der Waals surface area contributed by atoms with Crippen molar-refractivity contribution in [1.82, 2.24) is 19.9 Å². The molecule has 1 aromatic heterocycles. The molecule has 0 aliphatic carbocycles. The van der Waals surface area contributed by atoms with Gasteiger partial charge in [-0.15, -0.1) is 0 Å². The van der Waals surface area contributed by atoms with Crippen molar-refractivity contribution in [2.45, 2.75) is 46.6 Å². The van der Waals surface area contributed by atoms with Crippen molar-refractivity contribution in [3.8, 4) is 0 Å². The number of likely N-dealkylation sites (N-methyl/N-ethyl adjacent to an activating group) is 1. The van der Waals surface area contributed by atoms with Crippen molar-refractivity contribution in [3.05, 3.63) is 35.7 Å². The fourth-order valence-electron chi connectivity index (χ4n) is 3.07. The van der Waals surface area contributed by atoms with Gasteiger partial charge >= 0.3 is 0 Å². The Balaban J connectivity index is 2.31. The molecule has 0 atom stereocenters. The second-order valence-corrected chi connectivity index (χ2v) is 6.37. The minimum atomic E-state index is -0.543. The Labute approximate surface area is 155 Å². The molecule has 2 aromatic rings. The van der Waals surface area contributed by atoms with Crippen molar-refractivity contribution in [2.75, 3.05) is 19.6 Å². The van der Waals surface area contributed by atoms with Crippen molar-refractivity contribution in [1.29, 1.82) is 0 Å². The molecule has 1 aromatic carbocycles. The molecule has 1 heterocycles. The number of nitrogens with one attached hydrogen (secondary N) is 1. The summed E-state index contributed by atoms with van der Waals surface area (Å²) >= 11 is 0. The molecule has 0 aliphatic heterocycles. The van der Waals surface area contributed by atoms with E-state index in [2.05, 4.69) is 36.3 Å². The highest BCUT2D eigenvalue weighted by atomic mass is 16.5. The van der Waals surface area contributed by atoms with Crippen LogP contribution in [0.4, 0.5) is 0 Å². The lowest BCUT2D eigenvalue weighted by atomic mass is 10.2. The van der Waals surface area contributed by atoms with Gasteiger partial charge in [-0.05, 0) is 43.3 Å². The van der Waals surface area contributed by atoms with Crippen LogP contribution in [0.15, 0.2) is 24.3 Å². The maximum Gasteiger partial charge on any atom is 0.267 e. The fraction of sp³-hybridized carbons (Fsp3) is 0.500. The Morgan fingerprint density at radius 2 is 2.08 bits per heavy atom. The molecular weight excluding hydrogens is 328 g/mol. The summed E-state index contributed by atoms with van der Waals surface area (Å²) < 4.78 is 2.33. The molecule has 2 rings (SSSR count). The first-order valence-corrected chi connectivity index (χ1v) is 9.46. The predicted molar refractivity (Wildman–Crippen MR) is 105 cm³/mol. The lowest BCUT2D eigenvalue weighted by molar-refractivity contribution is -0.124. The average molecular weight is 358 g/mol. The zero-order valence-corrected chi connectivity index (χ0v) is 16.0.